The molecule has 0 aliphatic rings. The van der Waals surface area contributed by atoms with E-state index in [1.54, 1.807) is 18.2 Å². The van der Waals surface area contributed by atoms with Crippen LogP contribution >= 0.6 is 0 Å². The molecule has 0 saturated heterocycles. The second-order valence-corrected chi connectivity index (χ2v) is 6.62. The van der Waals surface area contributed by atoms with Crippen LogP contribution in [0.4, 0.5) is 5.69 Å². The maximum absolute atomic E-state index is 12.4. The molecule has 3 aromatic rings. The molecule has 2 unspecified atom stereocenters. The number of fused-ring (bicyclic) bond motifs is 3. The van der Waals surface area contributed by atoms with Crippen molar-refractivity contribution in [3.05, 3.63) is 46.6 Å². The Morgan fingerprint density at radius 1 is 1.25 bits per heavy atom. The molecule has 3 rings (SSSR count). The summed E-state index contributed by atoms with van der Waals surface area (Å²) < 4.78 is 1.10. The number of rotatable bonds is 5. The zero-order chi connectivity index (χ0) is 19.7. The van der Waals surface area contributed by atoms with E-state index >= 15 is 0 Å². The van der Waals surface area contributed by atoms with Crippen LogP contribution in [0.3, 0.4) is 0 Å². The van der Waals surface area contributed by atoms with Crippen molar-refractivity contribution in [3.63, 3.8) is 0 Å². The minimum Gasteiger partial charge on any atom is -0.477 e. The van der Waals surface area contributed by atoms with Crippen molar-refractivity contribution in [3.8, 4) is 0 Å². The smallest absolute Gasteiger partial charge is 0.342 e. The average Bonchev–Trinajstić information content (AvgIpc) is 2.66. The minimum atomic E-state index is -1.35. The number of anilines is 1. The minimum absolute atomic E-state index is 0. The molecule has 8 nitrogen and oxygen atoms in total. The van der Waals surface area contributed by atoms with Gasteiger partial charge in [-0.05, 0) is 24.1 Å². The Kier molecular flexibility index (Phi) is 6.92. The zero-order valence-corrected chi connectivity index (χ0v) is 18.3. The monoisotopic (exact) mass is 391 g/mol. The Labute approximate surface area is 183 Å². The molecular formula is C19H20N4NaO4. The number of nitrogens with one attached hydrogen (secondary N) is 1. The van der Waals surface area contributed by atoms with Crippen LogP contribution in [0.5, 0.6) is 0 Å². The van der Waals surface area contributed by atoms with Crippen LogP contribution in [0.15, 0.2) is 35.5 Å². The van der Waals surface area contributed by atoms with Gasteiger partial charge < -0.3 is 10.4 Å². The van der Waals surface area contributed by atoms with Gasteiger partial charge >= 0.3 is 5.97 Å². The van der Waals surface area contributed by atoms with Crippen LogP contribution in [0.25, 0.3) is 16.6 Å². The second-order valence-electron chi connectivity index (χ2n) is 6.62. The van der Waals surface area contributed by atoms with Gasteiger partial charge in [0.15, 0.2) is 0 Å². The predicted molar refractivity (Wildman–Crippen MR) is 107 cm³/mol. The zero-order valence-electron chi connectivity index (χ0n) is 16.3. The Morgan fingerprint density at radius 3 is 2.61 bits per heavy atom. The number of hydrogen-bond acceptors (Lipinski definition) is 5. The first kappa shape index (κ1) is 22.0. The van der Waals surface area contributed by atoms with Crippen molar-refractivity contribution >= 4 is 63.7 Å². The first-order valence-corrected chi connectivity index (χ1v) is 8.67. The number of carboxylic acids is 1. The average molecular weight is 391 g/mol. The number of aromatic nitrogens is 3. The van der Waals surface area contributed by atoms with Crippen LogP contribution in [0.2, 0.25) is 0 Å². The Bertz CT molecular complexity index is 1110. The van der Waals surface area contributed by atoms with Crippen molar-refractivity contribution < 1.29 is 14.7 Å². The molecule has 0 spiro atoms. The van der Waals surface area contributed by atoms with Gasteiger partial charge in [0.25, 0.3) is 5.56 Å². The predicted octanol–water partition coefficient (Wildman–Crippen LogP) is 2.18. The van der Waals surface area contributed by atoms with Crippen LogP contribution in [-0.4, -0.2) is 60.9 Å². The molecule has 2 atom stereocenters. The molecule has 0 fully saturated rings. The van der Waals surface area contributed by atoms with Crippen molar-refractivity contribution in [2.24, 2.45) is 11.8 Å². The quantitative estimate of drug-likeness (QED) is 0.509. The SMILES string of the molecule is CCC(C)C(C)C(=O)Nc1ccc2ncn3c(=O)c(C(=O)O)cnc3c2c1.[Na]. The molecular weight excluding hydrogens is 371 g/mol. The van der Waals surface area contributed by atoms with E-state index in [2.05, 4.69) is 15.3 Å². The van der Waals surface area contributed by atoms with Crippen LogP contribution < -0.4 is 10.9 Å². The molecule has 2 aromatic heterocycles. The Balaban J connectivity index is 0.00000280. The van der Waals surface area contributed by atoms with Gasteiger partial charge in [0.05, 0.1) is 5.52 Å². The molecule has 28 heavy (non-hydrogen) atoms. The third-order valence-corrected chi connectivity index (χ3v) is 4.95. The molecule has 2 N–H and O–H groups in total. The summed E-state index contributed by atoms with van der Waals surface area (Å²) in [5.41, 5.74) is 0.287. The summed E-state index contributed by atoms with van der Waals surface area (Å²) in [6, 6.07) is 5.14. The van der Waals surface area contributed by atoms with Gasteiger partial charge in [-0.15, -0.1) is 0 Å². The number of carbonyl (C=O) groups excluding carboxylic acids is 1. The van der Waals surface area contributed by atoms with Crippen LogP contribution in [0, 0.1) is 11.8 Å². The molecule has 2 heterocycles. The normalized spacial score (nSPS) is 13.0. The summed E-state index contributed by atoms with van der Waals surface area (Å²) in [6.45, 7) is 5.95. The van der Waals surface area contributed by atoms with E-state index in [-0.39, 0.29) is 52.9 Å². The summed E-state index contributed by atoms with van der Waals surface area (Å²) in [5, 5.41) is 12.5. The number of hydrogen-bond donors (Lipinski definition) is 2. The van der Waals surface area contributed by atoms with E-state index in [9.17, 15) is 14.4 Å². The van der Waals surface area contributed by atoms with E-state index < -0.39 is 17.1 Å². The molecule has 1 aromatic carbocycles. The molecule has 1 radical (unpaired) electrons. The summed E-state index contributed by atoms with van der Waals surface area (Å²) in [6.07, 6.45) is 3.19. The summed E-state index contributed by atoms with van der Waals surface area (Å²) in [4.78, 5) is 44.2. The van der Waals surface area contributed by atoms with Gasteiger partial charge in [-0.3, -0.25) is 9.59 Å². The van der Waals surface area contributed by atoms with Crippen LogP contribution in [-0.2, 0) is 4.79 Å². The van der Waals surface area contributed by atoms with Gasteiger partial charge in [-0.2, -0.15) is 0 Å². The molecule has 141 valence electrons. The van der Waals surface area contributed by atoms with Gasteiger partial charge in [0.1, 0.15) is 17.5 Å². The fourth-order valence-electron chi connectivity index (χ4n) is 2.82. The summed E-state index contributed by atoms with van der Waals surface area (Å²) >= 11 is 0. The molecule has 0 aliphatic carbocycles. The summed E-state index contributed by atoms with van der Waals surface area (Å²) in [7, 11) is 0. The van der Waals surface area contributed by atoms with Crippen molar-refractivity contribution in [1.82, 2.24) is 14.4 Å². The maximum Gasteiger partial charge on any atom is 0.342 e. The first-order valence-electron chi connectivity index (χ1n) is 8.67. The maximum atomic E-state index is 12.4. The number of amides is 1. The topological polar surface area (TPSA) is 114 Å². The van der Waals surface area contributed by atoms with Gasteiger partial charge in [0, 0.05) is 52.7 Å². The third-order valence-electron chi connectivity index (χ3n) is 4.95. The fraction of sp³-hybridized carbons (Fsp3) is 0.316. The van der Waals surface area contributed by atoms with E-state index in [4.69, 9.17) is 5.11 Å². The molecule has 9 heteroatoms. The number of benzene rings is 1. The number of carbonyl (C=O) groups is 2. The van der Waals surface area contributed by atoms with E-state index in [0.717, 1.165) is 17.0 Å². The number of nitrogens with zero attached hydrogens (tertiary/aromatic N) is 3. The Morgan fingerprint density at radius 2 is 1.96 bits per heavy atom. The number of carboxylic acid groups (broad SMARTS) is 1. The van der Waals surface area contributed by atoms with E-state index in [1.165, 1.54) is 6.33 Å². The molecule has 0 saturated carbocycles. The molecule has 1 amide bonds. The fourth-order valence-corrected chi connectivity index (χ4v) is 2.82. The van der Waals surface area contributed by atoms with E-state index in [0.29, 0.717) is 16.6 Å². The second kappa shape index (κ2) is 8.81. The van der Waals surface area contributed by atoms with Crippen molar-refractivity contribution in [2.75, 3.05) is 5.32 Å². The first-order chi connectivity index (χ1) is 12.8. The third kappa shape index (κ3) is 4.09. The van der Waals surface area contributed by atoms with Crippen molar-refractivity contribution in [1.29, 1.82) is 0 Å². The standard InChI is InChI=1S/C19H20N4O4.Na/c1-4-10(2)11(3)17(24)22-12-5-6-15-13(7-12)16-20-8-14(19(26)27)18(25)23(16)9-21-15;/h5-11H,4H2,1-3H3,(H,22,24)(H,26,27);. The Hall–Kier alpha value is -2.29. The molecule has 0 aliphatic heterocycles. The van der Waals surface area contributed by atoms with Crippen molar-refractivity contribution in [2.45, 2.75) is 27.2 Å². The number of aromatic carboxylic acids is 1. The largest absolute Gasteiger partial charge is 0.477 e. The van der Waals surface area contributed by atoms with E-state index in [1.807, 2.05) is 20.8 Å². The molecule has 0 bridgehead atoms. The summed E-state index contributed by atoms with van der Waals surface area (Å²) in [5.74, 6) is -1.32. The van der Waals surface area contributed by atoms with Gasteiger partial charge in [-0.1, -0.05) is 27.2 Å². The van der Waals surface area contributed by atoms with Gasteiger partial charge in [-0.25, -0.2) is 19.2 Å². The van der Waals surface area contributed by atoms with Crippen LogP contribution in [0.1, 0.15) is 37.6 Å². The van der Waals surface area contributed by atoms with Gasteiger partial charge in [0.2, 0.25) is 5.91 Å².